The molecule has 0 aliphatic heterocycles. The van der Waals surface area contributed by atoms with E-state index in [0.717, 1.165) is 16.8 Å². The van der Waals surface area contributed by atoms with E-state index in [1.165, 1.54) is 0 Å². The van der Waals surface area contributed by atoms with Crippen LogP contribution in [0.4, 0.5) is 17.4 Å². The molecule has 0 aliphatic carbocycles. The molecule has 0 aliphatic rings. The lowest BCUT2D eigenvalue weighted by molar-refractivity contribution is 0.623. The molecule has 1 aromatic heterocycles. The lowest BCUT2D eigenvalue weighted by atomic mass is 10.2. The average Bonchev–Trinajstić information content (AvgIpc) is 2.75. The lowest BCUT2D eigenvalue weighted by Gasteiger charge is -2.07. The Morgan fingerprint density at radius 2 is 2.11 bits per heavy atom. The molecule has 3 rings (SSSR count). The van der Waals surface area contributed by atoms with E-state index in [9.17, 15) is 0 Å². The van der Waals surface area contributed by atoms with E-state index < -0.39 is 0 Å². The van der Waals surface area contributed by atoms with Crippen LogP contribution in [0.2, 0.25) is 5.02 Å². The number of nitrogens with two attached hydrogens (primary N) is 1. The van der Waals surface area contributed by atoms with Crippen molar-refractivity contribution in [3.05, 3.63) is 47.0 Å². The quantitative estimate of drug-likeness (QED) is 0.690. The monoisotopic (exact) mass is 273 g/mol. The highest BCUT2D eigenvalue weighted by Crippen LogP contribution is 2.30. The van der Waals surface area contributed by atoms with E-state index >= 15 is 0 Å². The van der Waals surface area contributed by atoms with Crippen molar-refractivity contribution in [3.63, 3.8) is 0 Å². The number of aromatic nitrogens is 1. The number of oxazole rings is 1. The highest BCUT2D eigenvalue weighted by atomic mass is 35.5. The van der Waals surface area contributed by atoms with Crippen molar-refractivity contribution in [2.24, 2.45) is 0 Å². The molecule has 5 heteroatoms. The first-order valence-corrected chi connectivity index (χ1v) is 6.19. The van der Waals surface area contributed by atoms with Crippen molar-refractivity contribution < 1.29 is 4.42 Å². The van der Waals surface area contributed by atoms with Crippen LogP contribution in [0.3, 0.4) is 0 Å². The summed E-state index contributed by atoms with van der Waals surface area (Å²) in [6, 6.07) is 11.4. The molecule has 0 amide bonds. The van der Waals surface area contributed by atoms with Crippen molar-refractivity contribution in [2.75, 3.05) is 11.1 Å². The van der Waals surface area contributed by atoms with Gasteiger partial charge in [-0.2, -0.15) is 4.98 Å². The predicted molar refractivity (Wildman–Crippen MR) is 77.9 cm³/mol. The molecule has 3 aromatic rings. The summed E-state index contributed by atoms with van der Waals surface area (Å²) in [5, 5.41) is 3.73. The molecule has 0 fully saturated rings. The zero-order valence-electron chi connectivity index (χ0n) is 10.3. The fourth-order valence-corrected chi connectivity index (χ4v) is 2.16. The van der Waals surface area contributed by atoms with Crippen LogP contribution in [0.25, 0.3) is 11.1 Å². The third-order valence-electron chi connectivity index (χ3n) is 2.87. The van der Waals surface area contributed by atoms with Crippen LogP contribution in [0.1, 0.15) is 5.56 Å². The van der Waals surface area contributed by atoms with E-state index in [1.807, 2.05) is 31.2 Å². The minimum absolute atomic E-state index is 0.400. The van der Waals surface area contributed by atoms with Gasteiger partial charge in [0.2, 0.25) is 0 Å². The molecule has 0 saturated carbocycles. The first-order chi connectivity index (χ1) is 9.13. The van der Waals surface area contributed by atoms with Crippen molar-refractivity contribution in [3.8, 4) is 0 Å². The highest BCUT2D eigenvalue weighted by molar-refractivity contribution is 6.33. The number of anilines is 3. The highest BCUT2D eigenvalue weighted by Gasteiger charge is 2.09. The molecule has 96 valence electrons. The van der Waals surface area contributed by atoms with Gasteiger partial charge in [0.25, 0.3) is 6.01 Å². The maximum absolute atomic E-state index is 6.15. The van der Waals surface area contributed by atoms with E-state index in [2.05, 4.69) is 10.3 Å². The smallest absolute Gasteiger partial charge is 0.300 e. The van der Waals surface area contributed by atoms with Crippen molar-refractivity contribution in [1.29, 1.82) is 0 Å². The molecule has 19 heavy (non-hydrogen) atoms. The van der Waals surface area contributed by atoms with Gasteiger partial charge in [0.15, 0.2) is 5.58 Å². The number of halogens is 1. The maximum Gasteiger partial charge on any atom is 0.300 e. The summed E-state index contributed by atoms with van der Waals surface area (Å²) in [5.41, 5.74) is 9.56. The second kappa shape index (κ2) is 4.48. The average molecular weight is 274 g/mol. The molecule has 4 nitrogen and oxygen atoms in total. The Balaban J connectivity index is 2.01. The molecule has 0 bridgehead atoms. The maximum atomic E-state index is 6.15. The summed E-state index contributed by atoms with van der Waals surface area (Å²) in [7, 11) is 0. The zero-order chi connectivity index (χ0) is 13.4. The number of rotatable bonds is 2. The molecule has 3 N–H and O–H groups in total. The molecule has 0 atom stereocenters. The van der Waals surface area contributed by atoms with E-state index in [4.69, 9.17) is 21.8 Å². The van der Waals surface area contributed by atoms with Gasteiger partial charge in [-0.25, -0.2) is 0 Å². The van der Waals surface area contributed by atoms with Gasteiger partial charge in [-0.1, -0.05) is 23.7 Å². The molecular formula is C14H12ClN3O. The topological polar surface area (TPSA) is 64.1 Å². The summed E-state index contributed by atoms with van der Waals surface area (Å²) in [5.74, 6) is 0. The first kappa shape index (κ1) is 11.9. The number of nitrogen functional groups attached to an aromatic ring is 1. The van der Waals surface area contributed by atoms with Gasteiger partial charge in [-0.05, 0) is 30.7 Å². The van der Waals surface area contributed by atoms with Crippen LogP contribution >= 0.6 is 11.6 Å². The van der Waals surface area contributed by atoms with Crippen LogP contribution in [-0.4, -0.2) is 4.98 Å². The molecular weight excluding hydrogens is 262 g/mol. The molecule has 0 unspecified atom stereocenters. The van der Waals surface area contributed by atoms with Gasteiger partial charge in [0, 0.05) is 11.8 Å². The van der Waals surface area contributed by atoms with Crippen LogP contribution < -0.4 is 11.1 Å². The molecule has 0 radical (unpaired) electrons. The number of benzene rings is 2. The summed E-state index contributed by atoms with van der Waals surface area (Å²) in [4.78, 5) is 4.34. The third kappa shape index (κ3) is 2.22. The number of para-hydroxylation sites is 1. The Labute approximate surface area is 115 Å². The van der Waals surface area contributed by atoms with Crippen LogP contribution in [-0.2, 0) is 0 Å². The van der Waals surface area contributed by atoms with Gasteiger partial charge >= 0.3 is 0 Å². The van der Waals surface area contributed by atoms with Crippen LogP contribution in [0, 0.1) is 6.92 Å². The predicted octanol–water partition coefficient (Wildman–Crippen LogP) is 4.12. The van der Waals surface area contributed by atoms with Crippen molar-refractivity contribution in [2.45, 2.75) is 6.92 Å². The fourth-order valence-electron chi connectivity index (χ4n) is 1.89. The SMILES string of the molecule is Cc1cccc(Cl)c1Nc1nc2ccc(N)cc2o1. The van der Waals surface area contributed by atoms with E-state index in [1.54, 1.807) is 12.1 Å². The number of fused-ring (bicyclic) bond motifs is 1. The number of nitrogens with one attached hydrogen (secondary N) is 1. The normalized spacial score (nSPS) is 10.8. The number of hydrogen-bond donors (Lipinski definition) is 2. The van der Waals surface area contributed by atoms with Crippen LogP contribution in [0.15, 0.2) is 40.8 Å². The van der Waals surface area contributed by atoms with Gasteiger partial charge < -0.3 is 15.5 Å². The Bertz CT molecular complexity index is 731. The Kier molecular flexibility index (Phi) is 2.80. The largest absolute Gasteiger partial charge is 0.423 e. The Morgan fingerprint density at radius 1 is 1.26 bits per heavy atom. The second-order valence-electron chi connectivity index (χ2n) is 4.30. The molecule has 0 saturated heterocycles. The van der Waals surface area contributed by atoms with Gasteiger partial charge in [0.1, 0.15) is 5.52 Å². The fraction of sp³-hybridized carbons (Fsp3) is 0.0714. The standard InChI is InChI=1S/C14H12ClN3O/c1-8-3-2-4-10(15)13(8)18-14-17-11-6-5-9(16)7-12(11)19-14/h2-7H,16H2,1H3,(H,17,18). The van der Waals surface area contributed by atoms with E-state index in [0.29, 0.717) is 22.3 Å². The summed E-state index contributed by atoms with van der Waals surface area (Å²) in [6.45, 7) is 1.97. The van der Waals surface area contributed by atoms with Crippen LogP contribution in [0.5, 0.6) is 0 Å². The van der Waals surface area contributed by atoms with E-state index in [-0.39, 0.29) is 0 Å². The second-order valence-corrected chi connectivity index (χ2v) is 4.71. The Morgan fingerprint density at radius 3 is 2.89 bits per heavy atom. The van der Waals surface area contributed by atoms with Crippen molar-refractivity contribution >= 4 is 40.1 Å². The lowest BCUT2D eigenvalue weighted by Crippen LogP contribution is -1.93. The minimum atomic E-state index is 0.400. The summed E-state index contributed by atoms with van der Waals surface area (Å²) in [6.07, 6.45) is 0. The number of nitrogens with zero attached hydrogens (tertiary/aromatic N) is 1. The Hall–Kier alpha value is -2.20. The zero-order valence-corrected chi connectivity index (χ0v) is 11.0. The molecule has 2 aromatic carbocycles. The first-order valence-electron chi connectivity index (χ1n) is 5.82. The van der Waals surface area contributed by atoms with Crippen molar-refractivity contribution in [1.82, 2.24) is 4.98 Å². The molecule has 1 heterocycles. The van der Waals surface area contributed by atoms with Gasteiger partial charge in [0.05, 0.1) is 10.7 Å². The number of aryl methyl sites for hydroxylation is 1. The third-order valence-corrected chi connectivity index (χ3v) is 3.18. The van der Waals surface area contributed by atoms with Gasteiger partial charge in [-0.15, -0.1) is 0 Å². The van der Waals surface area contributed by atoms with Gasteiger partial charge in [-0.3, -0.25) is 0 Å². The number of hydrogen-bond acceptors (Lipinski definition) is 4. The summed E-state index contributed by atoms with van der Waals surface area (Å²) < 4.78 is 5.60. The summed E-state index contributed by atoms with van der Waals surface area (Å²) >= 11 is 6.15. The minimum Gasteiger partial charge on any atom is -0.423 e. The molecule has 0 spiro atoms.